The molecule has 6 nitrogen and oxygen atoms in total. The second-order valence-corrected chi connectivity index (χ2v) is 8.04. The van der Waals surface area contributed by atoms with E-state index >= 15 is 0 Å². The summed E-state index contributed by atoms with van der Waals surface area (Å²) in [6.07, 6.45) is 0.859. The number of phenols is 1. The number of aromatic amines is 1. The Morgan fingerprint density at radius 3 is 2.77 bits per heavy atom. The van der Waals surface area contributed by atoms with Gasteiger partial charge < -0.3 is 14.7 Å². The molecule has 0 radical (unpaired) electrons. The Bertz CT molecular complexity index is 1060. The number of benzene rings is 2. The van der Waals surface area contributed by atoms with E-state index in [0.29, 0.717) is 41.5 Å². The molecule has 156 valence electrons. The third kappa shape index (κ3) is 3.80. The molecule has 0 spiro atoms. The number of ether oxygens (including phenoxy) is 1. The third-order valence-electron chi connectivity index (χ3n) is 5.18. The molecule has 1 amide bonds. The lowest BCUT2D eigenvalue weighted by Gasteiger charge is -2.26. The van der Waals surface area contributed by atoms with E-state index in [-0.39, 0.29) is 23.8 Å². The van der Waals surface area contributed by atoms with Crippen LogP contribution in [0.15, 0.2) is 48.5 Å². The number of para-hydroxylation sites is 1. The van der Waals surface area contributed by atoms with Gasteiger partial charge in [-0.2, -0.15) is 5.10 Å². The number of carbonyl (C=O) groups excluding carboxylic acids is 1. The minimum Gasteiger partial charge on any atom is -0.507 e. The van der Waals surface area contributed by atoms with Crippen LogP contribution in [0.3, 0.4) is 0 Å². The van der Waals surface area contributed by atoms with E-state index in [4.69, 9.17) is 16.3 Å². The number of halogens is 1. The summed E-state index contributed by atoms with van der Waals surface area (Å²) in [4.78, 5) is 15.1. The van der Waals surface area contributed by atoms with E-state index in [1.807, 2.05) is 49.1 Å². The van der Waals surface area contributed by atoms with Crippen LogP contribution >= 0.6 is 11.6 Å². The van der Waals surface area contributed by atoms with Crippen molar-refractivity contribution in [3.8, 4) is 17.0 Å². The summed E-state index contributed by atoms with van der Waals surface area (Å²) >= 11 is 6.27. The highest BCUT2D eigenvalue weighted by Gasteiger charge is 2.42. The maximum atomic E-state index is 13.2. The first-order valence-corrected chi connectivity index (χ1v) is 10.4. The van der Waals surface area contributed by atoms with Crippen LogP contribution in [0.2, 0.25) is 5.02 Å². The Morgan fingerprint density at radius 1 is 1.23 bits per heavy atom. The largest absolute Gasteiger partial charge is 0.507 e. The van der Waals surface area contributed by atoms with Crippen molar-refractivity contribution in [3.63, 3.8) is 0 Å². The number of fused-ring (bicyclic) bond motifs is 1. The maximum Gasteiger partial charge on any atom is 0.273 e. The predicted molar refractivity (Wildman–Crippen MR) is 116 cm³/mol. The van der Waals surface area contributed by atoms with Crippen LogP contribution in [-0.2, 0) is 4.74 Å². The molecule has 1 atom stereocenters. The highest BCUT2D eigenvalue weighted by molar-refractivity contribution is 6.30. The smallest absolute Gasteiger partial charge is 0.273 e. The lowest BCUT2D eigenvalue weighted by molar-refractivity contribution is 0.0601. The first-order valence-electron chi connectivity index (χ1n) is 10.0. The number of carbonyl (C=O) groups is 1. The summed E-state index contributed by atoms with van der Waals surface area (Å²) in [5, 5.41) is 18.3. The number of hydrogen-bond donors (Lipinski definition) is 2. The summed E-state index contributed by atoms with van der Waals surface area (Å²) in [5.74, 6) is 0.00145. The van der Waals surface area contributed by atoms with Gasteiger partial charge in [0.1, 0.15) is 17.1 Å². The summed E-state index contributed by atoms with van der Waals surface area (Å²) in [5.41, 5.74) is 3.26. The number of nitrogens with zero attached hydrogens (tertiary/aromatic N) is 2. The lowest BCUT2D eigenvalue weighted by Crippen LogP contribution is -2.31. The van der Waals surface area contributed by atoms with E-state index in [9.17, 15) is 9.90 Å². The van der Waals surface area contributed by atoms with Crippen LogP contribution < -0.4 is 0 Å². The minimum atomic E-state index is -0.349. The molecule has 7 heteroatoms. The molecular formula is C23H24ClN3O3. The maximum absolute atomic E-state index is 13.2. The number of aromatic hydroxyl groups is 1. The lowest BCUT2D eigenvalue weighted by atomic mass is 9.95. The molecule has 0 aliphatic carbocycles. The van der Waals surface area contributed by atoms with Crippen molar-refractivity contribution < 1.29 is 14.6 Å². The molecule has 3 aromatic rings. The van der Waals surface area contributed by atoms with Gasteiger partial charge >= 0.3 is 0 Å². The van der Waals surface area contributed by atoms with Crippen LogP contribution in [0.25, 0.3) is 11.3 Å². The number of amides is 1. The molecular weight excluding hydrogens is 402 g/mol. The van der Waals surface area contributed by atoms with Crippen LogP contribution in [0.5, 0.6) is 5.75 Å². The number of phenolic OH excluding ortho intramolecular Hbond substituents is 1. The van der Waals surface area contributed by atoms with Gasteiger partial charge in [-0.15, -0.1) is 0 Å². The zero-order valence-electron chi connectivity index (χ0n) is 16.9. The fraction of sp³-hybridized carbons (Fsp3) is 0.304. The van der Waals surface area contributed by atoms with Crippen molar-refractivity contribution in [2.45, 2.75) is 32.4 Å². The fourth-order valence-electron chi connectivity index (χ4n) is 3.88. The number of aromatic nitrogens is 2. The van der Waals surface area contributed by atoms with Gasteiger partial charge in [0.15, 0.2) is 0 Å². The normalized spacial score (nSPS) is 15.8. The van der Waals surface area contributed by atoms with Crippen LogP contribution in [-0.4, -0.2) is 45.4 Å². The first kappa shape index (κ1) is 20.4. The highest BCUT2D eigenvalue weighted by atomic mass is 35.5. The molecule has 1 unspecified atom stereocenters. The van der Waals surface area contributed by atoms with Crippen molar-refractivity contribution in [1.82, 2.24) is 15.1 Å². The number of hydrogen-bond acceptors (Lipinski definition) is 4. The Kier molecular flexibility index (Phi) is 5.79. The van der Waals surface area contributed by atoms with Crippen LogP contribution in [0.1, 0.15) is 47.9 Å². The zero-order valence-corrected chi connectivity index (χ0v) is 17.7. The van der Waals surface area contributed by atoms with Crippen LogP contribution in [0, 0.1) is 0 Å². The summed E-state index contributed by atoms with van der Waals surface area (Å²) in [7, 11) is 0. The molecule has 1 aliphatic rings. The molecule has 1 aromatic heterocycles. The molecule has 4 rings (SSSR count). The standard InChI is InChI=1S/C23H24ClN3O3/c1-14(2)30-12-6-11-27-22(15-7-5-8-16(24)13-15)19-20(25-26-21(19)23(27)29)17-9-3-4-10-18(17)28/h3-5,7-10,13-14,22,28H,6,11-12H2,1-2H3,(H,25,26). The molecule has 30 heavy (non-hydrogen) atoms. The SMILES string of the molecule is CC(C)OCCCN1C(=O)c2[nH]nc(-c3ccccc3O)c2C1c1cccc(Cl)c1. The Hall–Kier alpha value is -2.83. The van der Waals surface area contributed by atoms with Gasteiger partial charge in [-0.1, -0.05) is 35.9 Å². The predicted octanol–water partition coefficient (Wildman–Crippen LogP) is 4.80. The molecule has 0 saturated carbocycles. The van der Waals surface area contributed by atoms with E-state index in [2.05, 4.69) is 10.2 Å². The van der Waals surface area contributed by atoms with Crippen LogP contribution in [0.4, 0.5) is 0 Å². The molecule has 2 N–H and O–H groups in total. The molecule has 2 aromatic carbocycles. The zero-order chi connectivity index (χ0) is 21.3. The van der Waals surface area contributed by atoms with Crippen molar-refractivity contribution in [1.29, 1.82) is 0 Å². The third-order valence-corrected chi connectivity index (χ3v) is 5.42. The quantitative estimate of drug-likeness (QED) is 0.533. The fourth-order valence-corrected chi connectivity index (χ4v) is 4.08. The van der Waals surface area contributed by atoms with Gasteiger partial charge in [0.05, 0.1) is 12.1 Å². The Balaban J connectivity index is 1.76. The topological polar surface area (TPSA) is 78.5 Å². The Labute approximate surface area is 180 Å². The average Bonchev–Trinajstić information content (AvgIpc) is 3.25. The monoisotopic (exact) mass is 425 g/mol. The minimum absolute atomic E-state index is 0.117. The van der Waals surface area contributed by atoms with Crippen molar-refractivity contribution in [3.05, 3.63) is 70.4 Å². The Morgan fingerprint density at radius 2 is 2.03 bits per heavy atom. The molecule has 0 bridgehead atoms. The summed E-state index contributed by atoms with van der Waals surface area (Å²) < 4.78 is 5.65. The van der Waals surface area contributed by atoms with Gasteiger partial charge in [-0.25, -0.2) is 0 Å². The molecule has 0 fully saturated rings. The number of nitrogens with one attached hydrogen (secondary N) is 1. The molecule has 2 heterocycles. The van der Waals surface area contributed by atoms with Crippen molar-refractivity contribution >= 4 is 17.5 Å². The summed E-state index contributed by atoms with van der Waals surface area (Å²) in [6.45, 7) is 5.09. The second kappa shape index (κ2) is 8.50. The van der Waals surface area contributed by atoms with Gasteiger partial charge in [0.2, 0.25) is 0 Å². The van der Waals surface area contributed by atoms with Crippen molar-refractivity contribution in [2.24, 2.45) is 0 Å². The second-order valence-electron chi connectivity index (χ2n) is 7.61. The molecule has 0 saturated heterocycles. The van der Waals surface area contributed by atoms with Gasteiger partial charge in [0.25, 0.3) is 5.91 Å². The molecule has 1 aliphatic heterocycles. The van der Waals surface area contributed by atoms with Gasteiger partial charge in [-0.3, -0.25) is 9.89 Å². The summed E-state index contributed by atoms with van der Waals surface area (Å²) in [6, 6.07) is 14.2. The van der Waals surface area contributed by atoms with Gasteiger partial charge in [0, 0.05) is 29.3 Å². The highest BCUT2D eigenvalue weighted by Crippen LogP contribution is 2.44. The van der Waals surface area contributed by atoms with E-state index in [1.54, 1.807) is 18.2 Å². The van der Waals surface area contributed by atoms with Gasteiger partial charge in [-0.05, 0) is 50.1 Å². The number of H-pyrrole nitrogens is 1. The van der Waals surface area contributed by atoms with E-state index in [0.717, 1.165) is 11.1 Å². The average molecular weight is 426 g/mol. The van der Waals surface area contributed by atoms with E-state index < -0.39 is 0 Å². The van der Waals surface area contributed by atoms with E-state index in [1.165, 1.54) is 0 Å². The number of rotatable bonds is 7. The van der Waals surface area contributed by atoms with Crippen molar-refractivity contribution in [2.75, 3.05) is 13.2 Å². The first-order chi connectivity index (χ1) is 14.5.